The first-order valence-electron chi connectivity index (χ1n) is 6.09. The molecule has 8 heteroatoms. The fourth-order valence-electron chi connectivity index (χ4n) is 1.79. The number of amides is 1. The molecule has 0 aliphatic rings. The molecule has 1 atom stereocenters. The Morgan fingerprint density at radius 2 is 2.10 bits per heavy atom. The summed E-state index contributed by atoms with van der Waals surface area (Å²) >= 11 is 5.83. The van der Waals surface area contributed by atoms with Gasteiger partial charge >= 0.3 is 0 Å². The zero-order valence-electron chi connectivity index (χ0n) is 12.0. The van der Waals surface area contributed by atoms with Gasteiger partial charge in [0, 0.05) is 32.5 Å². The summed E-state index contributed by atoms with van der Waals surface area (Å²) in [7, 11) is -0.562. The predicted molar refractivity (Wildman–Crippen MR) is 79.4 cm³/mol. The van der Waals surface area contributed by atoms with Gasteiger partial charge in [-0.25, -0.2) is 8.42 Å². The molecule has 6 nitrogen and oxygen atoms in total. The van der Waals surface area contributed by atoms with E-state index in [0.29, 0.717) is 0 Å². The fourth-order valence-corrected chi connectivity index (χ4v) is 3.09. The van der Waals surface area contributed by atoms with Gasteiger partial charge in [-0.05, 0) is 18.2 Å². The summed E-state index contributed by atoms with van der Waals surface area (Å²) in [4.78, 5) is 13.4. The molecule has 0 saturated heterocycles. The third-order valence-corrected chi connectivity index (χ3v) is 4.35. The molecule has 0 aromatic heterocycles. The summed E-state index contributed by atoms with van der Waals surface area (Å²) in [5.41, 5.74) is 0.187. The Bertz CT molecular complexity index is 617. The van der Waals surface area contributed by atoms with E-state index in [1.807, 2.05) is 0 Å². The van der Waals surface area contributed by atoms with E-state index in [1.165, 1.54) is 37.3 Å². The lowest BCUT2D eigenvalue weighted by Crippen LogP contribution is -2.36. The molecule has 0 bridgehead atoms. The molecule has 0 heterocycles. The van der Waals surface area contributed by atoms with Gasteiger partial charge in [0.25, 0.3) is 5.91 Å². The van der Waals surface area contributed by atoms with Crippen LogP contribution in [0, 0.1) is 0 Å². The van der Waals surface area contributed by atoms with E-state index in [2.05, 4.69) is 0 Å². The SMILES string of the molecule is COCC(O)CN(C)C(=O)c1ccc(Cl)c(S(C)(=O)=O)c1. The van der Waals surface area contributed by atoms with Crippen LogP contribution in [0.4, 0.5) is 0 Å². The molecule has 118 valence electrons. The van der Waals surface area contributed by atoms with Crippen LogP contribution in [0.5, 0.6) is 0 Å². The van der Waals surface area contributed by atoms with Crippen molar-refractivity contribution < 1.29 is 23.1 Å². The van der Waals surface area contributed by atoms with Crippen LogP contribution >= 0.6 is 11.6 Å². The van der Waals surface area contributed by atoms with Crippen LogP contribution in [-0.2, 0) is 14.6 Å². The quantitative estimate of drug-likeness (QED) is 0.832. The molecular weight excluding hydrogens is 318 g/mol. The van der Waals surface area contributed by atoms with Crippen molar-refractivity contribution in [3.63, 3.8) is 0 Å². The van der Waals surface area contributed by atoms with Gasteiger partial charge in [0.05, 0.1) is 22.6 Å². The number of ether oxygens (including phenoxy) is 1. The van der Waals surface area contributed by atoms with Crippen molar-refractivity contribution >= 4 is 27.3 Å². The van der Waals surface area contributed by atoms with Gasteiger partial charge in [-0.1, -0.05) is 11.6 Å². The van der Waals surface area contributed by atoms with Crippen LogP contribution in [0.1, 0.15) is 10.4 Å². The molecule has 0 radical (unpaired) electrons. The van der Waals surface area contributed by atoms with E-state index in [1.54, 1.807) is 0 Å². The number of likely N-dealkylation sites (N-methyl/N-ethyl adjacent to an activating group) is 1. The Morgan fingerprint density at radius 3 is 2.62 bits per heavy atom. The van der Waals surface area contributed by atoms with E-state index in [4.69, 9.17) is 16.3 Å². The molecule has 0 fully saturated rings. The number of hydrogen-bond donors (Lipinski definition) is 1. The lowest BCUT2D eigenvalue weighted by molar-refractivity contribution is 0.0380. The van der Waals surface area contributed by atoms with Gasteiger partial charge in [-0.15, -0.1) is 0 Å². The fraction of sp³-hybridized carbons (Fsp3) is 0.462. The maximum Gasteiger partial charge on any atom is 0.253 e. The average molecular weight is 336 g/mol. The molecule has 0 aliphatic carbocycles. The smallest absolute Gasteiger partial charge is 0.253 e. The van der Waals surface area contributed by atoms with Crippen molar-refractivity contribution in [3.05, 3.63) is 28.8 Å². The number of rotatable bonds is 6. The Hall–Kier alpha value is -1.15. The number of aliphatic hydroxyl groups is 1. The summed E-state index contributed by atoms with van der Waals surface area (Å²) in [6.07, 6.45) is 0.208. The summed E-state index contributed by atoms with van der Waals surface area (Å²) in [6.45, 7) is 0.177. The maximum absolute atomic E-state index is 12.2. The predicted octanol–water partition coefficient (Wildman–Crippen LogP) is 0.823. The van der Waals surface area contributed by atoms with Crippen LogP contribution in [0.3, 0.4) is 0 Å². The first kappa shape index (κ1) is 17.9. The van der Waals surface area contributed by atoms with Crippen LogP contribution in [0.2, 0.25) is 5.02 Å². The minimum absolute atomic E-state index is 0.0659. The first-order valence-corrected chi connectivity index (χ1v) is 8.35. The standard InChI is InChI=1S/C13H18ClNO5S/c1-15(7-10(16)8-20-2)13(17)9-4-5-11(14)12(6-9)21(3,18)19/h4-6,10,16H,7-8H2,1-3H3. The Balaban J connectivity index is 2.98. The monoisotopic (exact) mass is 335 g/mol. The van der Waals surface area contributed by atoms with Crippen LogP contribution in [0.15, 0.2) is 23.1 Å². The third kappa shape index (κ3) is 4.96. The zero-order valence-corrected chi connectivity index (χ0v) is 13.6. The lowest BCUT2D eigenvalue weighted by atomic mass is 10.2. The number of benzene rings is 1. The van der Waals surface area contributed by atoms with E-state index < -0.39 is 21.8 Å². The van der Waals surface area contributed by atoms with Gasteiger partial charge in [-0.2, -0.15) is 0 Å². The van der Waals surface area contributed by atoms with Gasteiger partial charge < -0.3 is 14.7 Å². The molecule has 0 aliphatic heterocycles. The number of hydrogen-bond acceptors (Lipinski definition) is 5. The topological polar surface area (TPSA) is 83.9 Å². The molecule has 1 unspecified atom stereocenters. The number of carbonyl (C=O) groups is 1. The highest BCUT2D eigenvalue weighted by molar-refractivity contribution is 7.90. The molecule has 1 rings (SSSR count). The summed E-state index contributed by atoms with van der Waals surface area (Å²) in [6, 6.07) is 4.04. The Kier molecular flexibility index (Phi) is 6.15. The molecule has 0 saturated carbocycles. The zero-order chi connectivity index (χ0) is 16.2. The van der Waals surface area contributed by atoms with Crippen molar-refractivity contribution in [2.45, 2.75) is 11.0 Å². The minimum atomic E-state index is -3.52. The lowest BCUT2D eigenvalue weighted by Gasteiger charge is -2.20. The summed E-state index contributed by atoms with van der Waals surface area (Å²) < 4.78 is 28.0. The maximum atomic E-state index is 12.2. The van der Waals surface area contributed by atoms with Gasteiger partial charge in [-0.3, -0.25) is 4.79 Å². The molecular formula is C13H18ClNO5S. The molecule has 1 aromatic carbocycles. The van der Waals surface area contributed by atoms with Crippen molar-refractivity contribution in [1.29, 1.82) is 0 Å². The van der Waals surface area contributed by atoms with Crippen molar-refractivity contribution in [1.82, 2.24) is 4.90 Å². The van der Waals surface area contributed by atoms with Crippen LogP contribution in [0.25, 0.3) is 0 Å². The summed E-state index contributed by atoms with van der Waals surface area (Å²) in [5.74, 6) is -0.410. The van der Waals surface area contributed by atoms with Crippen LogP contribution < -0.4 is 0 Å². The first-order chi connectivity index (χ1) is 9.66. The van der Waals surface area contributed by atoms with E-state index >= 15 is 0 Å². The van der Waals surface area contributed by atoms with Gasteiger partial charge in [0.15, 0.2) is 9.84 Å². The number of aliphatic hydroxyl groups excluding tert-OH is 1. The number of methoxy groups -OCH3 is 1. The van der Waals surface area contributed by atoms with Crippen LogP contribution in [-0.4, -0.2) is 64.0 Å². The highest BCUT2D eigenvalue weighted by atomic mass is 35.5. The normalized spacial score (nSPS) is 13.0. The van der Waals surface area contributed by atoms with Crippen molar-refractivity contribution in [2.75, 3.05) is 33.6 Å². The highest BCUT2D eigenvalue weighted by Gasteiger charge is 2.19. The largest absolute Gasteiger partial charge is 0.389 e. The van der Waals surface area contributed by atoms with E-state index in [-0.39, 0.29) is 28.6 Å². The van der Waals surface area contributed by atoms with E-state index in [9.17, 15) is 18.3 Å². The van der Waals surface area contributed by atoms with Gasteiger partial charge in [0.2, 0.25) is 0 Å². The Labute approximate surface area is 129 Å². The molecule has 1 N–H and O–H groups in total. The van der Waals surface area contributed by atoms with Crippen molar-refractivity contribution in [2.24, 2.45) is 0 Å². The number of sulfone groups is 1. The Morgan fingerprint density at radius 1 is 1.48 bits per heavy atom. The molecule has 1 amide bonds. The number of nitrogens with zero attached hydrogens (tertiary/aromatic N) is 1. The minimum Gasteiger partial charge on any atom is -0.389 e. The number of carbonyl (C=O) groups excluding carboxylic acids is 1. The average Bonchev–Trinajstić information content (AvgIpc) is 2.37. The number of halogens is 1. The van der Waals surface area contributed by atoms with Gasteiger partial charge in [0.1, 0.15) is 0 Å². The second-order valence-electron chi connectivity index (χ2n) is 4.71. The second-order valence-corrected chi connectivity index (χ2v) is 7.10. The molecule has 0 spiro atoms. The highest BCUT2D eigenvalue weighted by Crippen LogP contribution is 2.23. The third-order valence-electron chi connectivity index (χ3n) is 2.77. The van der Waals surface area contributed by atoms with E-state index in [0.717, 1.165) is 6.26 Å². The summed E-state index contributed by atoms with van der Waals surface area (Å²) in [5, 5.41) is 9.67. The molecule has 21 heavy (non-hydrogen) atoms. The molecule has 1 aromatic rings. The second kappa shape index (κ2) is 7.22. The van der Waals surface area contributed by atoms with Crippen molar-refractivity contribution in [3.8, 4) is 0 Å².